The van der Waals surface area contributed by atoms with Gasteiger partial charge in [-0.05, 0) is 38.8 Å². The molecule has 1 saturated carbocycles. The third-order valence-electron chi connectivity index (χ3n) is 4.35. The second-order valence-electron chi connectivity index (χ2n) is 6.40. The largest absolute Gasteiger partial charge is 0.481 e. The lowest BCUT2D eigenvalue weighted by molar-refractivity contribution is -0.147. The molecule has 1 aliphatic carbocycles. The van der Waals surface area contributed by atoms with Crippen molar-refractivity contribution in [2.75, 3.05) is 6.54 Å². The maximum atomic E-state index is 14.0. The average molecular weight is 311 g/mol. The van der Waals surface area contributed by atoms with E-state index in [0.29, 0.717) is 19.3 Å². The molecular weight excluding hydrogens is 292 g/mol. The van der Waals surface area contributed by atoms with Crippen molar-refractivity contribution >= 4 is 11.9 Å². The van der Waals surface area contributed by atoms with Gasteiger partial charge in [0.05, 0.1) is 10.8 Å². The first-order valence-electron chi connectivity index (χ1n) is 7.17. The minimum atomic E-state index is -1.23. The molecule has 1 aromatic rings. The molecular formula is C16H19F2NO3. The molecule has 6 heteroatoms. The van der Waals surface area contributed by atoms with Crippen LogP contribution in [-0.2, 0) is 15.0 Å². The highest BCUT2D eigenvalue weighted by atomic mass is 19.1. The van der Waals surface area contributed by atoms with E-state index in [9.17, 15) is 18.4 Å². The van der Waals surface area contributed by atoms with E-state index in [4.69, 9.17) is 5.11 Å². The molecule has 22 heavy (non-hydrogen) atoms. The molecule has 0 atom stereocenters. The van der Waals surface area contributed by atoms with Crippen molar-refractivity contribution in [3.63, 3.8) is 0 Å². The van der Waals surface area contributed by atoms with Crippen LogP contribution in [0.2, 0.25) is 0 Å². The summed E-state index contributed by atoms with van der Waals surface area (Å²) in [6.07, 6.45) is 1.40. The third kappa shape index (κ3) is 2.69. The van der Waals surface area contributed by atoms with Crippen LogP contribution in [0.1, 0.15) is 38.7 Å². The molecule has 1 aromatic carbocycles. The number of carboxylic acids is 1. The van der Waals surface area contributed by atoms with Crippen LogP contribution < -0.4 is 5.32 Å². The highest BCUT2D eigenvalue weighted by molar-refractivity contribution is 5.90. The number of carbonyl (C=O) groups excluding carboxylic acids is 1. The highest BCUT2D eigenvalue weighted by Gasteiger charge is 2.49. The van der Waals surface area contributed by atoms with E-state index in [2.05, 4.69) is 5.32 Å². The molecule has 0 radical (unpaired) electrons. The molecule has 0 saturated heterocycles. The average Bonchev–Trinajstić information content (AvgIpc) is 2.38. The number of carbonyl (C=O) groups is 2. The van der Waals surface area contributed by atoms with Crippen molar-refractivity contribution in [1.82, 2.24) is 5.32 Å². The van der Waals surface area contributed by atoms with Gasteiger partial charge in [0.15, 0.2) is 0 Å². The second kappa shape index (κ2) is 5.66. The van der Waals surface area contributed by atoms with Gasteiger partial charge >= 0.3 is 5.97 Å². The van der Waals surface area contributed by atoms with Crippen molar-refractivity contribution in [3.8, 4) is 0 Å². The van der Waals surface area contributed by atoms with Crippen molar-refractivity contribution in [1.29, 1.82) is 0 Å². The summed E-state index contributed by atoms with van der Waals surface area (Å²) >= 11 is 0. The van der Waals surface area contributed by atoms with E-state index in [-0.39, 0.29) is 12.1 Å². The van der Waals surface area contributed by atoms with E-state index >= 15 is 0 Å². The van der Waals surface area contributed by atoms with Crippen molar-refractivity contribution in [2.45, 2.75) is 38.5 Å². The molecule has 0 bridgehead atoms. The van der Waals surface area contributed by atoms with Crippen LogP contribution in [0.4, 0.5) is 8.78 Å². The summed E-state index contributed by atoms with van der Waals surface area (Å²) < 4.78 is 28.0. The fourth-order valence-electron chi connectivity index (χ4n) is 2.62. The zero-order valence-corrected chi connectivity index (χ0v) is 12.6. The summed E-state index contributed by atoms with van der Waals surface area (Å²) in [5.41, 5.74) is -2.59. The standard InChI is InChI=1S/C16H19F2NO3/c1-15(2,14(21)22)9-19-13(20)16(7-4-8-16)12-10(17)5-3-6-11(12)18/h3,5-6H,4,7-9H2,1-2H3,(H,19,20)(H,21,22). The number of amides is 1. The summed E-state index contributed by atoms with van der Waals surface area (Å²) in [7, 11) is 0. The second-order valence-corrected chi connectivity index (χ2v) is 6.40. The topological polar surface area (TPSA) is 66.4 Å². The third-order valence-corrected chi connectivity index (χ3v) is 4.35. The SMILES string of the molecule is CC(C)(CNC(=O)C1(c2c(F)cccc2F)CCC1)C(=O)O. The van der Waals surface area contributed by atoms with E-state index in [1.54, 1.807) is 0 Å². The maximum absolute atomic E-state index is 14.0. The molecule has 2 N–H and O–H groups in total. The molecule has 1 amide bonds. The smallest absolute Gasteiger partial charge is 0.310 e. The Bertz CT molecular complexity index is 589. The van der Waals surface area contributed by atoms with Gasteiger partial charge in [-0.3, -0.25) is 9.59 Å². The normalized spacial score (nSPS) is 16.7. The lowest BCUT2D eigenvalue weighted by Crippen LogP contribution is -2.52. The van der Waals surface area contributed by atoms with Crippen molar-refractivity contribution in [3.05, 3.63) is 35.4 Å². The first-order valence-corrected chi connectivity index (χ1v) is 7.17. The van der Waals surface area contributed by atoms with Crippen LogP contribution in [0.3, 0.4) is 0 Å². The molecule has 0 aliphatic heterocycles. The van der Waals surface area contributed by atoms with Crippen LogP contribution in [0.5, 0.6) is 0 Å². The molecule has 120 valence electrons. The van der Waals surface area contributed by atoms with Crippen LogP contribution in [0, 0.1) is 17.0 Å². The number of nitrogens with one attached hydrogen (secondary N) is 1. The maximum Gasteiger partial charge on any atom is 0.310 e. The summed E-state index contributed by atoms with van der Waals surface area (Å²) in [6, 6.07) is 3.52. The predicted molar refractivity (Wildman–Crippen MR) is 76.3 cm³/mol. The quantitative estimate of drug-likeness (QED) is 0.878. The Morgan fingerprint density at radius 3 is 2.23 bits per heavy atom. The first kappa shape index (κ1) is 16.4. The van der Waals surface area contributed by atoms with Crippen LogP contribution in [0.15, 0.2) is 18.2 Å². The van der Waals surface area contributed by atoms with Gasteiger partial charge in [0.1, 0.15) is 11.6 Å². The molecule has 1 aliphatic rings. The van der Waals surface area contributed by atoms with Gasteiger partial charge in [0.2, 0.25) is 5.91 Å². The predicted octanol–water partition coefficient (Wildman–Crippen LogP) is 2.61. The molecule has 2 rings (SSSR count). The Kier molecular flexibility index (Phi) is 4.22. The number of rotatable bonds is 5. The number of carboxylic acid groups (broad SMARTS) is 1. The lowest BCUT2D eigenvalue weighted by Gasteiger charge is -2.41. The van der Waals surface area contributed by atoms with Gasteiger partial charge in [-0.1, -0.05) is 12.5 Å². The molecule has 4 nitrogen and oxygen atoms in total. The van der Waals surface area contributed by atoms with E-state index < -0.39 is 34.3 Å². The van der Waals surface area contributed by atoms with Gasteiger partial charge in [0.25, 0.3) is 0 Å². The van der Waals surface area contributed by atoms with E-state index in [1.165, 1.54) is 19.9 Å². The summed E-state index contributed by atoms with van der Waals surface area (Å²) in [6.45, 7) is 2.86. The molecule has 1 fully saturated rings. The van der Waals surface area contributed by atoms with Crippen LogP contribution in [0.25, 0.3) is 0 Å². The van der Waals surface area contributed by atoms with Crippen LogP contribution >= 0.6 is 0 Å². The number of aliphatic carboxylic acids is 1. The number of halogens is 2. The Morgan fingerprint density at radius 2 is 1.82 bits per heavy atom. The number of benzene rings is 1. The van der Waals surface area contributed by atoms with E-state index in [0.717, 1.165) is 12.1 Å². The molecule has 0 spiro atoms. The van der Waals surface area contributed by atoms with Crippen LogP contribution in [-0.4, -0.2) is 23.5 Å². The zero-order valence-electron chi connectivity index (χ0n) is 12.6. The minimum Gasteiger partial charge on any atom is -0.481 e. The fourth-order valence-corrected chi connectivity index (χ4v) is 2.62. The van der Waals surface area contributed by atoms with Gasteiger partial charge in [-0.15, -0.1) is 0 Å². The van der Waals surface area contributed by atoms with Crippen molar-refractivity contribution < 1.29 is 23.5 Å². The minimum absolute atomic E-state index is 0.0982. The molecule has 0 aromatic heterocycles. The Hall–Kier alpha value is -1.98. The summed E-state index contributed by atoms with van der Waals surface area (Å²) in [4.78, 5) is 23.6. The van der Waals surface area contributed by atoms with Gasteiger partial charge in [-0.25, -0.2) is 8.78 Å². The van der Waals surface area contributed by atoms with E-state index in [1.807, 2.05) is 0 Å². The lowest BCUT2D eigenvalue weighted by atomic mass is 9.63. The first-order chi connectivity index (χ1) is 10.2. The number of hydrogen-bond acceptors (Lipinski definition) is 2. The molecule has 0 unspecified atom stereocenters. The summed E-state index contributed by atoms with van der Waals surface area (Å²) in [5, 5.41) is 11.6. The summed E-state index contributed by atoms with van der Waals surface area (Å²) in [5.74, 6) is -3.05. The van der Waals surface area contributed by atoms with Gasteiger partial charge in [-0.2, -0.15) is 0 Å². The zero-order chi connectivity index (χ0) is 16.5. The Balaban J connectivity index is 2.24. The molecule has 0 heterocycles. The Labute approximate surface area is 127 Å². The number of hydrogen-bond donors (Lipinski definition) is 2. The van der Waals surface area contributed by atoms with Gasteiger partial charge in [0, 0.05) is 12.1 Å². The highest BCUT2D eigenvalue weighted by Crippen LogP contribution is 2.46. The monoisotopic (exact) mass is 311 g/mol. The van der Waals surface area contributed by atoms with Gasteiger partial charge < -0.3 is 10.4 Å². The fraction of sp³-hybridized carbons (Fsp3) is 0.500. The van der Waals surface area contributed by atoms with Crippen molar-refractivity contribution in [2.24, 2.45) is 5.41 Å². The Morgan fingerprint density at radius 1 is 1.27 bits per heavy atom.